The Balaban J connectivity index is 2.08. The molecule has 2 aliphatic rings. The second-order valence-corrected chi connectivity index (χ2v) is 7.77. The van der Waals surface area contributed by atoms with E-state index in [-0.39, 0.29) is 62.4 Å². The van der Waals surface area contributed by atoms with Gasteiger partial charge in [0.1, 0.15) is 23.0 Å². The number of rotatable bonds is 6. The lowest BCUT2D eigenvalue weighted by Crippen LogP contribution is -2.09. The summed E-state index contributed by atoms with van der Waals surface area (Å²) >= 11 is 0. The van der Waals surface area contributed by atoms with Crippen molar-refractivity contribution in [3.05, 3.63) is 70.6 Å². The van der Waals surface area contributed by atoms with E-state index in [1.54, 1.807) is 0 Å². The van der Waals surface area contributed by atoms with Gasteiger partial charge in [0.2, 0.25) is 0 Å². The fourth-order valence-electron chi connectivity index (χ4n) is 3.83. The van der Waals surface area contributed by atoms with Gasteiger partial charge in [-0.1, -0.05) is 25.5 Å². The first-order chi connectivity index (χ1) is 15.7. The summed E-state index contributed by atoms with van der Waals surface area (Å²) in [6, 6.07) is 8.81. The van der Waals surface area contributed by atoms with E-state index >= 15 is 0 Å². The van der Waals surface area contributed by atoms with Crippen LogP contribution in [0.25, 0.3) is 33.4 Å². The number of fused-ring (bicyclic) bond motifs is 2. The number of carbonyl (C=O) groups excluding carboxylic acids is 1. The zero-order valence-corrected chi connectivity index (χ0v) is 17.7. The second-order valence-electron chi connectivity index (χ2n) is 7.77. The van der Waals surface area contributed by atoms with E-state index in [1.807, 2.05) is 6.92 Å². The largest absolute Gasteiger partial charge is 0.478 e. The van der Waals surface area contributed by atoms with Crippen molar-refractivity contribution in [2.75, 3.05) is 5.73 Å². The summed E-state index contributed by atoms with van der Waals surface area (Å²) in [5.41, 5.74) is 6.21. The SMILES string of the molecule is CCCCC(=O)c1ccc(-c2c3cc(F)c(=N)cc-3oc3cc(N)c(F)cc23)c(C(=O)O)c1. The molecule has 2 aromatic rings. The number of unbranched alkanes of at least 4 members (excludes halogenated alkanes) is 1. The minimum absolute atomic E-state index is 0.106. The third kappa shape index (κ3) is 3.95. The smallest absolute Gasteiger partial charge is 0.336 e. The third-order valence-corrected chi connectivity index (χ3v) is 5.53. The molecule has 1 aliphatic carbocycles. The number of ketones is 1. The predicted molar refractivity (Wildman–Crippen MR) is 119 cm³/mol. The number of aromatic carboxylic acids is 1. The molecule has 0 saturated heterocycles. The number of hydrogen-bond donors (Lipinski definition) is 3. The molecular formula is C25H20F2N2O4. The summed E-state index contributed by atoms with van der Waals surface area (Å²) in [6.45, 7) is 1.95. The number of nitrogens with two attached hydrogens (primary N) is 1. The monoisotopic (exact) mass is 450 g/mol. The van der Waals surface area contributed by atoms with Crippen molar-refractivity contribution in [3.8, 4) is 22.5 Å². The first-order valence-electron chi connectivity index (χ1n) is 10.3. The van der Waals surface area contributed by atoms with Crippen molar-refractivity contribution >= 4 is 28.4 Å². The minimum atomic E-state index is -1.30. The van der Waals surface area contributed by atoms with Gasteiger partial charge < -0.3 is 15.3 Å². The lowest BCUT2D eigenvalue weighted by molar-refractivity contribution is 0.0697. The second kappa shape index (κ2) is 8.46. The molecule has 0 aromatic heterocycles. The Morgan fingerprint density at radius 1 is 1.06 bits per heavy atom. The van der Waals surface area contributed by atoms with Crippen LogP contribution in [0.3, 0.4) is 0 Å². The van der Waals surface area contributed by atoms with E-state index in [0.717, 1.165) is 24.6 Å². The highest BCUT2D eigenvalue weighted by atomic mass is 19.1. The molecule has 33 heavy (non-hydrogen) atoms. The maximum atomic E-state index is 14.4. The summed E-state index contributed by atoms with van der Waals surface area (Å²) in [5, 5.41) is 17.4. The summed E-state index contributed by atoms with van der Waals surface area (Å²) in [4.78, 5) is 24.6. The molecule has 168 valence electrons. The van der Waals surface area contributed by atoms with E-state index in [1.165, 1.54) is 24.3 Å². The van der Waals surface area contributed by atoms with Gasteiger partial charge >= 0.3 is 5.97 Å². The normalized spacial score (nSPS) is 11.2. The van der Waals surface area contributed by atoms with Crippen LogP contribution in [-0.2, 0) is 0 Å². The van der Waals surface area contributed by atoms with Crippen molar-refractivity contribution in [1.82, 2.24) is 0 Å². The van der Waals surface area contributed by atoms with Crippen LogP contribution < -0.4 is 11.1 Å². The van der Waals surface area contributed by atoms with E-state index in [0.29, 0.717) is 6.42 Å². The van der Waals surface area contributed by atoms with Crippen LogP contribution in [-0.4, -0.2) is 16.9 Å². The molecule has 0 bridgehead atoms. The summed E-state index contributed by atoms with van der Waals surface area (Å²) in [7, 11) is 0. The first kappa shape index (κ1) is 22.1. The van der Waals surface area contributed by atoms with Crippen LogP contribution >= 0.6 is 0 Å². The van der Waals surface area contributed by atoms with Gasteiger partial charge in [-0.3, -0.25) is 10.2 Å². The number of hydrogen-bond acceptors (Lipinski definition) is 5. The quantitative estimate of drug-likeness (QED) is 0.200. The number of carboxylic acid groups (broad SMARTS) is 1. The number of nitrogens with one attached hydrogen (secondary N) is 1. The Bertz CT molecular complexity index is 1460. The molecule has 0 fully saturated rings. The van der Waals surface area contributed by atoms with Gasteiger partial charge in [-0.25, -0.2) is 13.6 Å². The molecule has 0 atom stereocenters. The number of anilines is 1. The van der Waals surface area contributed by atoms with Gasteiger partial charge in [-0.2, -0.15) is 0 Å². The van der Waals surface area contributed by atoms with E-state index in [9.17, 15) is 23.5 Å². The fraction of sp³-hybridized carbons (Fsp3) is 0.160. The Hall–Kier alpha value is -4.07. The van der Waals surface area contributed by atoms with Crippen LogP contribution in [0, 0.1) is 17.0 Å². The number of nitrogen functional groups attached to an aromatic ring is 1. The number of Topliss-reactive ketones (excluding diaryl/α,β-unsaturated/α-hetero) is 1. The van der Waals surface area contributed by atoms with Gasteiger partial charge in [0.25, 0.3) is 0 Å². The summed E-state index contributed by atoms with van der Waals surface area (Å²) < 4.78 is 34.5. The van der Waals surface area contributed by atoms with Crippen LogP contribution in [0.4, 0.5) is 14.5 Å². The van der Waals surface area contributed by atoms with E-state index in [4.69, 9.17) is 15.6 Å². The van der Waals surface area contributed by atoms with Crippen molar-refractivity contribution in [3.63, 3.8) is 0 Å². The highest BCUT2D eigenvalue weighted by molar-refractivity contribution is 6.09. The lowest BCUT2D eigenvalue weighted by atomic mass is 9.89. The molecule has 1 aliphatic heterocycles. The van der Waals surface area contributed by atoms with Gasteiger partial charge in [0.15, 0.2) is 5.78 Å². The Morgan fingerprint density at radius 3 is 2.52 bits per heavy atom. The highest BCUT2D eigenvalue weighted by Crippen LogP contribution is 2.42. The number of carboxylic acids is 1. The minimum Gasteiger partial charge on any atom is -0.478 e. The topological polar surface area (TPSA) is 117 Å². The van der Waals surface area contributed by atoms with Crippen LogP contribution in [0.1, 0.15) is 46.9 Å². The Kier molecular flexibility index (Phi) is 5.68. The molecule has 8 heteroatoms. The predicted octanol–water partition coefficient (Wildman–Crippen LogP) is 5.62. The third-order valence-electron chi connectivity index (χ3n) is 5.53. The average Bonchev–Trinajstić information content (AvgIpc) is 2.78. The molecule has 4 rings (SSSR count). The van der Waals surface area contributed by atoms with Crippen LogP contribution in [0.2, 0.25) is 0 Å². The molecule has 1 heterocycles. The maximum absolute atomic E-state index is 14.4. The summed E-state index contributed by atoms with van der Waals surface area (Å²) in [6.07, 6.45) is 1.78. The molecule has 4 N–H and O–H groups in total. The molecule has 0 radical (unpaired) electrons. The molecule has 0 spiro atoms. The molecule has 0 saturated carbocycles. The molecule has 0 unspecified atom stereocenters. The summed E-state index contributed by atoms with van der Waals surface area (Å²) in [5.74, 6) is -2.98. The Labute approximate surface area is 187 Å². The fourth-order valence-corrected chi connectivity index (χ4v) is 3.83. The van der Waals surface area contributed by atoms with E-state index < -0.39 is 23.0 Å². The van der Waals surface area contributed by atoms with Crippen LogP contribution in [0.5, 0.6) is 0 Å². The first-order valence-corrected chi connectivity index (χ1v) is 10.3. The van der Waals surface area contributed by atoms with Gasteiger partial charge in [-0.15, -0.1) is 0 Å². The van der Waals surface area contributed by atoms with Gasteiger partial charge in [0, 0.05) is 40.6 Å². The van der Waals surface area contributed by atoms with Crippen molar-refractivity contribution < 1.29 is 27.9 Å². The van der Waals surface area contributed by atoms with Gasteiger partial charge in [-0.05, 0) is 30.2 Å². The maximum Gasteiger partial charge on any atom is 0.336 e. The van der Waals surface area contributed by atoms with Crippen molar-refractivity contribution in [1.29, 1.82) is 5.41 Å². The number of benzene rings is 3. The Morgan fingerprint density at radius 2 is 1.82 bits per heavy atom. The zero-order chi connectivity index (χ0) is 23.9. The van der Waals surface area contributed by atoms with Gasteiger partial charge in [0.05, 0.1) is 16.6 Å². The van der Waals surface area contributed by atoms with Crippen molar-refractivity contribution in [2.24, 2.45) is 0 Å². The molecule has 6 nitrogen and oxygen atoms in total. The lowest BCUT2D eigenvalue weighted by Gasteiger charge is -2.18. The van der Waals surface area contributed by atoms with Crippen LogP contribution in [0.15, 0.2) is 46.9 Å². The number of halogens is 2. The molecule has 2 aromatic carbocycles. The molecule has 0 amide bonds. The number of carbonyl (C=O) groups is 2. The standard InChI is InChI=1S/C25H20F2N2O4/c1-2-3-4-21(30)12-5-6-13(14(7-12)25(31)32)24-15-8-17(26)19(28)10-22(15)33-23-11-20(29)18(27)9-16(23)24/h5-11,28H,2-4,29H2,1H3,(H,31,32). The van der Waals surface area contributed by atoms with E-state index in [2.05, 4.69) is 0 Å². The van der Waals surface area contributed by atoms with Crippen molar-refractivity contribution in [2.45, 2.75) is 26.2 Å². The highest BCUT2D eigenvalue weighted by Gasteiger charge is 2.24. The molecular weight excluding hydrogens is 430 g/mol. The average molecular weight is 450 g/mol. The zero-order valence-electron chi connectivity index (χ0n) is 17.7.